The normalized spacial score (nSPS) is 20.5. The summed E-state index contributed by atoms with van der Waals surface area (Å²) in [6.45, 7) is 4.54. The lowest BCUT2D eigenvalue weighted by molar-refractivity contribution is -0.138. The van der Waals surface area contributed by atoms with E-state index in [9.17, 15) is 4.79 Å². The fourth-order valence-electron chi connectivity index (χ4n) is 5.33. The lowest BCUT2D eigenvalue weighted by Gasteiger charge is -2.39. The van der Waals surface area contributed by atoms with Gasteiger partial charge in [-0.2, -0.15) is 0 Å². The Balaban J connectivity index is 1.58. The number of carbonyl (C=O) groups is 1. The van der Waals surface area contributed by atoms with E-state index < -0.39 is 5.41 Å². The van der Waals surface area contributed by atoms with Gasteiger partial charge < -0.3 is 15.5 Å². The number of piperidine rings is 1. The van der Waals surface area contributed by atoms with E-state index in [1.165, 1.54) is 12.0 Å². The first-order valence-corrected chi connectivity index (χ1v) is 12.1. The molecular weight excluding hydrogens is 398 g/mol. The summed E-state index contributed by atoms with van der Waals surface area (Å²) < 4.78 is 0. The number of amides is 1. The number of aromatic nitrogens is 2. The topological polar surface area (TPSA) is 70.2 Å². The monoisotopic (exact) mass is 435 g/mol. The summed E-state index contributed by atoms with van der Waals surface area (Å²) in [4.78, 5) is 25.3. The Morgan fingerprint density at radius 1 is 1.16 bits per heavy atom. The number of hydrogen-bond acceptors (Lipinski definition) is 5. The van der Waals surface area contributed by atoms with Crippen LogP contribution in [-0.4, -0.2) is 48.0 Å². The highest BCUT2D eigenvalue weighted by atomic mass is 16.2. The largest absolute Gasteiger partial charge is 0.373 e. The lowest BCUT2D eigenvalue weighted by atomic mass is 9.68. The number of benzene rings is 1. The van der Waals surface area contributed by atoms with Crippen LogP contribution in [0.25, 0.3) is 0 Å². The highest BCUT2D eigenvalue weighted by Crippen LogP contribution is 2.41. The van der Waals surface area contributed by atoms with Gasteiger partial charge in [0.1, 0.15) is 11.6 Å². The molecule has 1 aliphatic heterocycles. The molecule has 1 atom stereocenters. The molecule has 0 unspecified atom stereocenters. The highest BCUT2D eigenvalue weighted by Gasteiger charge is 2.42. The molecular formula is C26H37N5O. The van der Waals surface area contributed by atoms with Crippen LogP contribution in [0.15, 0.2) is 30.3 Å². The molecule has 2 aliphatic rings. The highest BCUT2D eigenvalue weighted by molar-refractivity contribution is 5.88. The Kier molecular flexibility index (Phi) is 7.09. The second-order valence-electron chi connectivity index (χ2n) is 9.56. The van der Waals surface area contributed by atoms with Crippen LogP contribution in [0.4, 0.5) is 5.82 Å². The van der Waals surface area contributed by atoms with Gasteiger partial charge >= 0.3 is 0 Å². The summed E-state index contributed by atoms with van der Waals surface area (Å²) in [5, 5.41) is 6.65. The first-order chi connectivity index (χ1) is 15.5. The summed E-state index contributed by atoms with van der Waals surface area (Å²) in [5.74, 6) is 2.13. The van der Waals surface area contributed by atoms with E-state index in [1.54, 1.807) is 0 Å². The summed E-state index contributed by atoms with van der Waals surface area (Å²) in [6.07, 6.45) is 7.52. The van der Waals surface area contributed by atoms with Crippen LogP contribution in [0.5, 0.6) is 0 Å². The van der Waals surface area contributed by atoms with Crippen LogP contribution >= 0.6 is 0 Å². The third-order valence-corrected chi connectivity index (χ3v) is 7.21. The molecule has 32 heavy (non-hydrogen) atoms. The second-order valence-corrected chi connectivity index (χ2v) is 9.56. The first-order valence-electron chi connectivity index (χ1n) is 12.1. The van der Waals surface area contributed by atoms with E-state index in [1.807, 2.05) is 19.0 Å². The fraction of sp³-hybridized carbons (Fsp3) is 0.577. The fourth-order valence-corrected chi connectivity index (χ4v) is 5.33. The van der Waals surface area contributed by atoms with Crippen molar-refractivity contribution in [1.82, 2.24) is 20.2 Å². The Labute approximate surface area is 192 Å². The predicted octanol–water partition coefficient (Wildman–Crippen LogP) is 4.15. The number of nitrogens with one attached hydrogen (secondary N) is 2. The van der Waals surface area contributed by atoms with Crippen molar-refractivity contribution >= 4 is 11.7 Å². The van der Waals surface area contributed by atoms with E-state index in [0.717, 1.165) is 68.7 Å². The van der Waals surface area contributed by atoms with Gasteiger partial charge in [0.25, 0.3) is 0 Å². The minimum Gasteiger partial charge on any atom is -0.373 e. The molecule has 4 rings (SSSR count). The van der Waals surface area contributed by atoms with Gasteiger partial charge in [-0.3, -0.25) is 4.79 Å². The minimum atomic E-state index is -0.433. The Morgan fingerprint density at radius 3 is 2.56 bits per heavy atom. The Morgan fingerprint density at radius 2 is 1.91 bits per heavy atom. The molecule has 1 amide bonds. The van der Waals surface area contributed by atoms with Crippen LogP contribution in [0.3, 0.4) is 0 Å². The quantitative estimate of drug-likeness (QED) is 0.713. The molecule has 6 nitrogen and oxygen atoms in total. The smallest absolute Gasteiger partial charge is 0.233 e. The van der Waals surface area contributed by atoms with Crippen LogP contribution in [0.2, 0.25) is 0 Å². The molecule has 1 saturated heterocycles. The predicted molar refractivity (Wildman–Crippen MR) is 129 cm³/mol. The van der Waals surface area contributed by atoms with Crippen molar-refractivity contribution in [1.29, 1.82) is 0 Å². The summed E-state index contributed by atoms with van der Waals surface area (Å²) >= 11 is 0. The molecule has 172 valence electrons. The number of aryl methyl sites for hydroxylation is 1. The van der Waals surface area contributed by atoms with Gasteiger partial charge in [-0.05, 0) is 44.7 Å². The van der Waals surface area contributed by atoms with Crippen molar-refractivity contribution in [2.75, 3.05) is 32.5 Å². The van der Waals surface area contributed by atoms with Gasteiger partial charge in [-0.15, -0.1) is 0 Å². The maximum atomic E-state index is 13.9. The molecule has 2 aromatic rings. The first kappa shape index (κ1) is 22.7. The van der Waals surface area contributed by atoms with Crippen molar-refractivity contribution < 1.29 is 4.79 Å². The van der Waals surface area contributed by atoms with Crippen molar-refractivity contribution in [3.8, 4) is 0 Å². The van der Waals surface area contributed by atoms with Crippen LogP contribution < -0.4 is 10.6 Å². The third-order valence-electron chi connectivity index (χ3n) is 7.21. The molecule has 0 bridgehead atoms. The number of anilines is 1. The lowest BCUT2D eigenvalue weighted by Crippen LogP contribution is -2.46. The van der Waals surface area contributed by atoms with Crippen LogP contribution in [0, 0.1) is 6.92 Å². The SMILES string of the molecule is CNc1cc([C@@H]2CCCNC2)nc(CN(C)C(=O)C2(c3ccc(C)cc3)CCCCC2)n1. The number of likely N-dealkylation sites (N-methyl/N-ethyl adjacent to an activating group) is 1. The molecule has 2 fully saturated rings. The Hall–Kier alpha value is -2.47. The van der Waals surface area contributed by atoms with Crippen LogP contribution in [-0.2, 0) is 16.8 Å². The van der Waals surface area contributed by atoms with Crippen LogP contribution in [0.1, 0.15) is 73.5 Å². The van der Waals surface area contributed by atoms with E-state index in [0.29, 0.717) is 18.3 Å². The molecule has 0 radical (unpaired) electrons. The molecule has 1 aromatic carbocycles. The second kappa shape index (κ2) is 9.99. The number of rotatable bonds is 6. The summed E-state index contributed by atoms with van der Waals surface area (Å²) in [5.41, 5.74) is 3.01. The van der Waals surface area contributed by atoms with Crippen molar-refractivity contribution in [2.45, 2.75) is 69.7 Å². The average Bonchev–Trinajstić information content (AvgIpc) is 2.84. The number of hydrogen-bond donors (Lipinski definition) is 2. The van der Waals surface area contributed by atoms with E-state index in [4.69, 9.17) is 4.98 Å². The molecule has 0 spiro atoms. The molecule has 6 heteroatoms. The van der Waals surface area contributed by atoms with Gasteiger partial charge in [-0.25, -0.2) is 9.97 Å². The zero-order valence-corrected chi connectivity index (χ0v) is 19.8. The van der Waals surface area contributed by atoms with Crippen molar-refractivity contribution in [2.24, 2.45) is 0 Å². The van der Waals surface area contributed by atoms with Gasteiger partial charge in [0.05, 0.1) is 17.7 Å². The number of nitrogens with zero attached hydrogens (tertiary/aromatic N) is 3. The summed E-state index contributed by atoms with van der Waals surface area (Å²) in [6, 6.07) is 10.6. The van der Waals surface area contributed by atoms with Gasteiger partial charge in [-0.1, -0.05) is 49.1 Å². The van der Waals surface area contributed by atoms with Crippen molar-refractivity contribution in [3.63, 3.8) is 0 Å². The van der Waals surface area contributed by atoms with Crippen molar-refractivity contribution in [3.05, 3.63) is 53.0 Å². The molecule has 1 aliphatic carbocycles. The Bertz CT molecular complexity index is 914. The van der Waals surface area contributed by atoms with E-state index in [2.05, 4.69) is 52.9 Å². The van der Waals surface area contributed by atoms with E-state index >= 15 is 0 Å². The maximum Gasteiger partial charge on any atom is 0.233 e. The summed E-state index contributed by atoms with van der Waals surface area (Å²) in [7, 11) is 3.79. The standard InChI is InChI=1S/C26H37N5O/c1-19-9-11-21(12-10-19)26(13-5-4-6-14-26)25(32)31(3)18-24-29-22(16-23(27-2)30-24)20-8-7-15-28-17-20/h9-12,16,20,28H,4-8,13-15,17-18H2,1-3H3,(H,27,29,30)/t20-/m1/s1. The maximum absolute atomic E-state index is 13.9. The molecule has 2 heterocycles. The van der Waals surface area contributed by atoms with Gasteiger partial charge in [0.2, 0.25) is 5.91 Å². The molecule has 1 aromatic heterocycles. The molecule has 1 saturated carbocycles. The number of carbonyl (C=O) groups excluding carboxylic acids is 1. The van der Waals surface area contributed by atoms with Gasteiger partial charge in [0.15, 0.2) is 0 Å². The minimum absolute atomic E-state index is 0.195. The zero-order valence-electron chi connectivity index (χ0n) is 19.8. The molecule has 2 N–H and O–H groups in total. The van der Waals surface area contributed by atoms with E-state index in [-0.39, 0.29) is 5.91 Å². The third kappa shape index (κ3) is 4.80. The zero-order chi connectivity index (χ0) is 22.6. The average molecular weight is 436 g/mol. The van der Waals surface area contributed by atoms with Gasteiger partial charge in [0, 0.05) is 32.6 Å².